The van der Waals surface area contributed by atoms with Crippen molar-refractivity contribution in [2.45, 2.75) is 65.2 Å². The van der Waals surface area contributed by atoms with E-state index in [1.54, 1.807) is 0 Å². The molecule has 0 spiro atoms. The van der Waals surface area contributed by atoms with Gasteiger partial charge in [0.05, 0.1) is 6.61 Å². The zero-order valence-electron chi connectivity index (χ0n) is 15.8. The molecule has 4 aliphatic rings. The molecular weight excluding hydrogens is 314 g/mol. The highest BCUT2D eigenvalue weighted by Crippen LogP contribution is 2.64. The lowest BCUT2D eigenvalue weighted by Crippen LogP contribution is -2.54. The van der Waals surface area contributed by atoms with Crippen LogP contribution in [0.15, 0.2) is 11.8 Å². The molecule has 0 aromatic rings. The standard InChI is InChI=1S/C21H31NO3/c1-14(23)25-13-21-10-4-5-17(21)15-6-7-18-20(2,16(15)8-12-21)11-9-19(24)22(18)3/h7,15-17H,4-6,8-13H2,1-3H3/t15-,16+,17+,20-,21+/m1/s1. The highest BCUT2D eigenvalue weighted by atomic mass is 16.5. The lowest BCUT2D eigenvalue weighted by molar-refractivity contribution is -0.150. The number of piperidine rings is 1. The molecule has 3 fully saturated rings. The highest BCUT2D eigenvalue weighted by molar-refractivity contribution is 5.79. The van der Waals surface area contributed by atoms with E-state index in [2.05, 4.69) is 13.0 Å². The van der Waals surface area contributed by atoms with E-state index in [-0.39, 0.29) is 22.7 Å². The Labute approximate surface area is 151 Å². The molecule has 138 valence electrons. The first-order chi connectivity index (χ1) is 11.9. The summed E-state index contributed by atoms with van der Waals surface area (Å²) >= 11 is 0. The molecule has 3 aliphatic carbocycles. The Morgan fingerprint density at radius 1 is 1.28 bits per heavy atom. The second kappa shape index (κ2) is 5.85. The maximum atomic E-state index is 12.2. The average molecular weight is 345 g/mol. The van der Waals surface area contributed by atoms with Crippen molar-refractivity contribution < 1.29 is 14.3 Å². The minimum atomic E-state index is -0.146. The summed E-state index contributed by atoms with van der Waals surface area (Å²) in [5.74, 6) is 2.14. The molecule has 1 heterocycles. The van der Waals surface area contributed by atoms with Gasteiger partial charge >= 0.3 is 5.97 Å². The van der Waals surface area contributed by atoms with E-state index >= 15 is 0 Å². The zero-order valence-corrected chi connectivity index (χ0v) is 15.8. The molecule has 0 aromatic carbocycles. The number of carbonyl (C=O) groups is 2. The lowest BCUT2D eigenvalue weighted by atomic mass is 9.49. The Hall–Kier alpha value is -1.32. The Balaban J connectivity index is 1.63. The fourth-order valence-electron chi connectivity index (χ4n) is 6.87. The van der Waals surface area contributed by atoms with Crippen LogP contribution in [0.25, 0.3) is 0 Å². The summed E-state index contributed by atoms with van der Waals surface area (Å²) in [6, 6.07) is 0. The fraction of sp³-hybridized carbons (Fsp3) is 0.810. The summed E-state index contributed by atoms with van der Waals surface area (Å²) in [6.07, 6.45) is 11.2. The first-order valence-electron chi connectivity index (χ1n) is 9.98. The van der Waals surface area contributed by atoms with Gasteiger partial charge in [-0.2, -0.15) is 0 Å². The number of carbonyl (C=O) groups excluding carboxylic acids is 2. The molecule has 4 nitrogen and oxygen atoms in total. The van der Waals surface area contributed by atoms with Crippen molar-refractivity contribution >= 4 is 11.9 Å². The van der Waals surface area contributed by atoms with E-state index in [1.807, 2.05) is 11.9 Å². The van der Waals surface area contributed by atoms with Gasteiger partial charge in [-0.05, 0) is 56.3 Å². The van der Waals surface area contributed by atoms with Gasteiger partial charge < -0.3 is 9.64 Å². The number of rotatable bonds is 2. The van der Waals surface area contributed by atoms with Crippen LogP contribution in [0.2, 0.25) is 0 Å². The summed E-state index contributed by atoms with van der Waals surface area (Å²) < 4.78 is 5.52. The Morgan fingerprint density at radius 2 is 2.08 bits per heavy atom. The third kappa shape index (κ3) is 2.47. The largest absolute Gasteiger partial charge is 0.465 e. The van der Waals surface area contributed by atoms with Crippen LogP contribution in [-0.2, 0) is 14.3 Å². The Kier molecular flexibility index (Phi) is 4.01. The van der Waals surface area contributed by atoms with Crippen molar-refractivity contribution in [2.75, 3.05) is 13.7 Å². The molecule has 1 amide bonds. The van der Waals surface area contributed by atoms with Gasteiger partial charge in [-0.15, -0.1) is 0 Å². The molecule has 5 atom stereocenters. The molecule has 1 saturated heterocycles. The lowest BCUT2D eigenvalue weighted by Gasteiger charge is -2.58. The Bertz CT molecular complexity index is 627. The van der Waals surface area contributed by atoms with Gasteiger partial charge in [-0.25, -0.2) is 0 Å². The van der Waals surface area contributed by atoms with Crippen molar-refractivity contribution in [3.05, 3.63) is 11.8 Å². The second-order valence-electron chi connectivity index (χ2n) is 9.15. The molecule has 0 aromatic heterocycles. The van der Waals surface area contributed by atoms with E-state index in [1.165, 1.54) is 44.7 Å². The molecule has 0 bridgehead atoms. The summed E-state index contributed by atoms with van der Waals surface area (Å²) in [7, 11) is 1.95. The van der Waals surface area contributed by atoms with Crippen LogP contribution in [0, 0.1) is 28.6 Å². The first-order valence-corrected chi connectivity index (χ1v) is 9.98. The number of nitrogens with zero attached hydrogens (tertiary/aromatic N) is 1. The monoisotopic (exact) mass is 345 g/mol. The minimum absolute atomic E-state index is 0.141. The molecule has 0 unspecified atom stereocenters. The highest BCUT2D eigenvalue weighted by Gasteiger charge is 2.58. The van der Waals surface area contributed by atoms with Crippen molar-refractivity contribution in [1.82, 2.24) is 4.90 Å². The van der Waals surface area contributed by atoms with Gasteiger partial charge in [0.2, 0.25) is 5.91 Å². The summed E-state index contributed by atoms with van der Waals surface area (Å²) in [5.41, 5.74) is 1.63. The summed E-state index contributed by atoms with van der Waals surface area (Å²) in [4.78, 5) is 25.5. The van der Waals surface area contributed by atoms with Gasteiger partial charge in [-0.3, -0.25) is 9.59 Å². The zero-order chi connectivity index (χ0) is 17.8. The van der Waals surface area contributed by atoms with Crippen molar-refractivity contribution in [1.29, 1.82) is 0 Å². The normalized spacial score (nSPS) is 43.0. The molecule has 4 heteroatoms. The first kappa shape index (κ1) is 17.1. The van der Waals surface area contributed by atoms with Crippen LogP contribution >= 0.6 is 0 Å². The van der Waals surface area contributed by atoms with Crippen LogP contribution < -0.4 is 0 Å². The number of hydrogen-bond acceptors (Lipinski definition) is 3. The number of allylic oxidation sites excluding steroid dienone is 2. The molecule has 2 saturated carbocycles. The Morgan fingerprint density at radius 3 is 2.84 bits per heavy atom. The SMILES string of the molecule is CC(=O)OC[C@@]12CCC[C@H]1[C@@H]1CC=C3N(C)C(=O)CC[C@]3(C)[C@H]1CC2. The van der Waals surface area contributed by atoms with Crippen LogP contribution in [0.4, 0.5) is 0 Å². The van der Waals surface area contributed by atoms with Gasteiger partial charge in [0.1, 0.15) is 0 Å². The smallest absolute Gasteiger partial charge is 0.302 e. The molecule has 4 rings (SSSR count). The van der Waals surface area contributed by atoms with Crippen LogP contribution in [0.1, 0.15) is 65.2 Å². The van der Waals surface area contributed by atoms with E-state index in [9.17, 15) is 9.59 Å². The number of hydrogen-bond donors (Lipinski definition) is 0. The van der Waals surface area contributed by atoms with Crippen LogP contribution in [0.3, 0.4) is 0 Å². The van der Waals surface area contributed by atoms with Crippen LogP contribution in [0.5, 0.6) is 0 Å². The second-order valence-corrected chi connectivity index (χ2v) is 9.15. The number of amides is 1. The minimum Gasteiger partial charge on any atom is -0.465 e. The van der Waals surface area contributed by atoms with E-state index in [0.717, 1.165) is 12.8 Å². The van der Waals surface area contributed by atoms with Crippen molar-refractivity contribution in [3.8, 4) is 0 Å². The van der Waals surface area contributed by atoms with E-state index in [0.29, 0.717) is 30.8 Å². The number of likely N-dealkylation sites (tertiary alicyclic amines) is 1. The molecule has 25 heavy (non-hydrogen) atoms. The average Bonchev–Trinajstić information content (AvgIpc) is 3.01. The molecular formula is C21H31NO3. The molecule has 0 N–H and O–H groups in total. The van der Waals surface area contributed by atoms with Crippen LogP contribution in [-0.4, -0.2) is 30.4 Å². The van der Waals surface area contributed by atoms with Crippen molar-refractivity contribution in [2.24, 2.45) is 28.6 Å². The quantitative estimate of drug-likeness (QED) is 0.713. The number of fused-ring (bicyclic) bond motifs is 5. The summed E-state index contributed by atoms with van der Waals surface area (Å²) in [5, 5.41) is 0. The summed E-state index contributed by atoms with van der Waals surface area (Å²) in [6.45, 7) is 4.53. The topological polar surface area (TPSA) is 46.6 Å². The number of esters is 1. The molecule has 1 aliphatic heterocycles. The van der Waals surface area contributed by atoms with Gasteiger partial charge in [0.15, 0.2) is 0 Å². The van der Waals surface area contributed by atoms with E-state index < -0.39 is 0 Å². The maximum absolute atomic E-state index is 12.2. The van der Waals surface area contributed by atoms with E-state index in [4.69, 9.17) is 4.74 Å². The van der Waals surface area contributed by atoms with Crippen molar-refractivity contribution in [3.63, 3.8) is 0 Å². The third-order valence-electron chi connectivity index (χ3n) is 8.11. The van der Waals surface area contributed by atoms with Gasteiger partial charge in [0.25, 0.3) is 0 Å². The predicted molar refractivity (Wildman–Crippen MR) is 95.4 cm³/mol. The molecule has 0 radical (unpaired) electrons. The maximum Gasteiger partial charge on any atom is 0.302 e. The van der Waals surface area contributed by atoms with Gasteiger partial charge in [-0.1, -0.05) is 19.4 Å². The fourth-order valence-corrected chi connectivity index (χ4v) is 6.87. The predicted octanol–water partition coefficient (Wildman–Crippen LogP) is 3.91. The number of ether oxygens (including phenoxy) is 1. The third-order valence-corrected chi connectivity index (χ3v) is 8.11. The van der Waals surface area contributed by atoms with Gasteiger partial charge in [0, 0.05) is 36.9 Å².